The molecule has 0 radical (unpaired) electrons. The van der Waals surface area contributed by atoms with Gasteiger partial charge in [-0.05, 0) is 32.5 Å². The number of likely N-dealkylation sites (tertiary alicyclic amines) is 1. The van der Waals surface area contributed by atoms with Crippen LogP contribution in [-0.2, 0) is 0 Å². The molecule has 5 rings (SSSR count). The minimum Gasteiger partial charge on any atom is -0.473 e. The summed E-state index contributed by atoms with van der Waals surface area (Å²) in [6.45, 7) is 3.76. The largest absolute Gasteiger partial charge is 0.473 e. The van der Waals surface area contributed by atoms with Crippen LogP contribution < -0.4 is 15.8 Å². The molecule has 4 aromatic heterocycles. The molecule has 1 saturated heterocycles. The number of rotatable bonds is 5. The van der Waals surface area contributed by atoms with Crippen molar-refractivity contribution in [2.24, 2.45) is 0 Å². The van der Waals surface area contributed by atoms with Crippen LogP contribution >= 0.6 is 0 Å². The number of aryl methyl sites for hydroxylation is 1. The molecular formula is C23H23FN8O2. The molecule has 0 bridgehead atoms. The highest BCUT2D eigenvalue weighted by molar-refractivity contribution is 6.12. The lowest BCUT2D eigenvalue weighted by Gasteiger charge is -2.16. The Hall–Kier alpha value is -4.12. The second-order valence-corrected chi connectivity index (χ2v) is 8.25. The van der Waals surface area contributed by atoms with Crippen molar-refractivity contribution in [3.05, 3.63) is 60.1 Å². The summed E-state index contributed by atoms with van der Waals surface area (Å²) < 4.78 is 20.6. The van der Waals surface area contributed by atoms with E-state index in [4.69, 9.17) is 10.5 Å². The minimum atomic E-state index is -0.591. The summed E-state index contributed by atoms with van der Waals surface area (Å²) in [5, 5.41) is 6.81. The van der Waals surface area contributed by atoms with Gasteiger partial charge in [0.15, 0.2) is 17.3 Å². The molecule has 11 heteroatoms. The van der Waals surface area contributed by atoms with Gasteiger partial charge in [-0.15, -0.1) is 5.10 Å². The van der Waals surface area contributed by atoms with E-state index in [9.17, 15) is 9.18 Å². The number of halogens is 1. The van der Waals surface area contributed by atoms with Crippen LogP contribution in [-0.4, -0.2) is 61.6 Å². The Labute approximate surface area is 194 Å². The predicted octanol–water partition coefficient (Wildman–Crippen LogP) is 2.55. The van der Waals surface area contributed by atoms with Gasteiger partial charge in [0.25, 0.3) is 5.91 Å². The van der Waals surface area contributed by atoms with Crippen LogP contribution in [0.4, 0.5) is 15.9 Å². The molecule has 0 aromatic carbocycles. The highest BCUT2D eigenvalue weighted by atomic mass is 19.1. The molecule has 10 nitrogen and oxygen atoms in total. The van der Waals surface area contributed by atoms with Gasteiger partial charge < -0.3 is 20.7 Å². The number of fused-ring (bicyclic) bond motifs is 1. The summed E-state index contributed by atoms with van der Waals surface area (Å²) in [4.78, 5) is 28.0. The molecule has 0 aliphatic carbocycles. The second kappa shape index (κ2) is 8.67. The Kier molecular flexibility index (Phi) is 5.54. The molecule has 1 atom stereocenters. The number of pyridine rings is 2. The molecule has 3 N–H and O–H groups in total. The molecule has 4 aromatic rings. The van der Waals surface area contributed by atoms with Crippen molar-refractivity contribution < 1.29 is 13.9 Å². The molecule has 5 heterocycles. The normalized spacial score (nSPS) is 16.1. The predicted molar refractivity (Wildman–Crippen MR) is 124 cm³/mol. The van der Waals surface area contributed by atoms with E-state index in [2.05, 4.69) is 37.3 Å². The van der Waals surface area contributed by atoms with E-state index in [0.29, 0.717) is 11.6 Å². The number of nitrogens with one attached hydrogen (secondary N) is 1. The summed E-state index contributed by atoms with van der Waals surface area (Å²) in [6.07, 6.45) is 6.38. The fourth-order valence-electron chi connectivity index (χ4n) is 4.11. The molecule has 1 aliphatic heterocycles. The molecule has 1 amide bonds. The highest BCUT2D eigenvalue weighted by Crippen LogP contribution is 2.31. The van der Waals surface area contributed by atoms with Gasteiger partial charge in [0, 0.05) is 42.2 Å². The van der Waals surface area contributed by atoms with E-state index in [1.54, 1.807) is 18.5 Å². The first-order valence-corrected chi connectivity index (χ1v) is 10.8. The van der Waals surface area contributed by atoms with Crippen molar-refractivity contribution in [2.45, 2.75) is 19.4 Å². The van der Waals surface area contributed by atoms with Gasteiger partial charge >= 0.3 is 0 Å². The summed E-state index contributed by atoms with van der Waals surface area (Å²) in [5.41, 5.74) is 8.89. The maximum absolute atomic E-state index is 13.5. The van der Waals surface area contributed by atoms with E-state index >= 15 is 0 Å². The number of likely N-dealkylation sites (N-methyl/N-ethyl adjacent to an activating group) is 1. The Balaban J connectivity index is 1.42. The number of nitrogen functional groups attached to an aromatic ring is 1. The van der Waals surface area contributed by atoms with E-state index in [1.165, 1.54) is 0 Å². The Morgan fingerprint density at radius 2 is 2.12 bits per heavy atom. The van der Waals surface area contributed by atoms with E-state index < -0.39 is 11.7 Å². The SMILES string of the molecule is Cc1nc(O[C@@H]2CCN(C)C2)ccc1-c1ccncc1NC(=O)c1c(N)nn2cc(F)cnc12. The lowest BCUT2D eigenvalue weighted by molar-refractivity contribution is 0.102. The Morgan fingerprint density at radius 3 is 2.88 bits per heavy atom. The lowest BCUT2D eigenvalue weighted by atomic mass is 10.0. The number of aromatic nitrogens is 5. The smallest absolute Gasteiger partial charge is 0.263 e. The van der Waals surface area contributed by atoms with Crippen molar-refractivity contribution in [3.63, 3.8) is 0 Å². The standard InChI is InChI=1S/C23H23FN8O2/c1-13-16(3-4-19(28-13)34-15-6-8-31(2)12-15)17-5-7-26-10-18(17)29-23(33)20-21(25)30-32-11-14(24)9-27-22(20)32/h3-5,7,9-11,15H,6,8,12H2,1-2H3,(H2,25,30)(H,29,33)/t15-/m1/s1. The average molecular weight is 462 g/mol. The van der Waals surface area contributed by atoms with E-state index in [1.807, 2.05) is 19.1 Å². The van der Waals surface area contributed by atoms with Crippen LogP contribution in [0.5, 0.6) is 5.88 Å². The summed E-state index contributed by atoms with van der Waals surface area (Å²) >= 11 is 0. The average Bonchev–Trinajstić information content (AvgIpc) is 3.35. The Bertz CT molecular complexity index is 1390. The number of amides is 1. The zero-order valence-electron chi connectivity index (χ0n) is 18.7. The molecular weight excluding hydrogens is 439 g/mol. The van der Waals surface area contributed by atoms with Gasteiger partial charge in [0.1, 0.15) is 11.7 Å². The zero-order valence-corrected chi connectivity index (χ0v) is 18.7. The number of hydrogen-bond donors (Lipinski definition) is 2. The molecule has 1 fully saturated rings. The van der Waals surface area contributed by atoms with Crippen LogP contribution in [0.3, 0.4) is 0 Å². The maximum Gasteiger partial charge on any atom is 0.263 e. The van der Waals surface area contributed by atoms with Gasteiger partial charge in [-0.3, -0.25) is 9.78 Å². The number of anilines is 2. The topological polar surface area (TPSA) is 124 Å². The minimum absolute atomic E-state index is 0.0509. The molecule has 34 heavy (non-hydrogen) atoms. The molecule has 1 aliphatic rings. The van der Waals surface area contributed by atoms with Crippen molar-refractivity contribution >= 4 is 23.1 Å². The second-order valence-electron chi connectivity index (χ2n) is 8.25. The third-order valence-electron chi connectivity index (χ3n) is 5.75. The van der Waals surface area contributed by atoms with Gasteiger partial charge in [-0.2, -0.15) is 0 Å². The van der Waals surface area contributed by atoms with Crippen molar-refractivity contribution in [2.75, 3.05) is 31.2 Å². The summed E-state index contributed by atoms with van der Waals surface area (Å²) in [5.74, 6) is -0.611. The molecule has 0 saturated carbocycles. The first-order valence-electron chi connectivity index (χ1n) is 10.8. The van der Waals surface area contributed by atoms with Crippen LogP contribution in [0.15, 0.2) is 43.0 Å². The molecule has 174 valence electrons. The first kappa shape index (κ1) is 21.7. The van der Waals surface area contributed by atoms with E-state index in [-0.39, 0.29) is 23.1 Å². The monoisotopic (exact) mass is 462 g/mol. The fourth-order valence-corrected chi connectivity index (χ4v) is 4.11. The fraction of sp³-hybridized carbons (Fsp3) is 0.261. The summed E-state index contributed by atoms with van der Waals surface area (Å²) in [6, 6.07) is 5.53. The number of ether oxygens (including phenoxy) is 1. The third-order valence-corrected chi connectivity index (χ3v) is 5.75. The quantitative estimate of drug-likeness (QED) is 0.464. The van der Waals surface area contributed by atoms with E-state index in [0.717, 1.165) is 53.2 Å². The van der Waals surface area contributed by atoms with Gasteiger partial charge in [0.2, 0.25) is 5.88 Å². The number of carbonyl (C=O) groups excluding carboxylic acids is 1. The number of nitrogens with zero attached hydrogens (tertiary/aromatic N) is 6. The third kappa shape index (κ3) is 4.13. The highest BCUT2D eigenvalue weighted by Gasteiger charge is 2.23. The first-order chi connectivity index (χ1) is 16.4. The van der Waals surface area contributed by atoms with Crippen molar-refractivity contribution in [1.82, 2.24) is 29.5 Å². The van der Waals surface area contributed by atoms with Gasteiger partial charge in [-0.1, -0.05) is 0 Å². The van der Waals surface area contributed by atoms with Crippen LogP contribution in [0.1, 0.15) is 22.5 Å². The lowest BCUT2D eigenvalue weighted by Crippen LogP contribution is -2.21. The van der Waals surface area contributed by atoms with Crippen LogP contribution in [0.25, 0.3) is 16.8 Å². The number of hydrogen-bond acceptors (Lipinski definition) is 8. The Morgan fingerprint density at radius 1 is 1.26 bits per heavy atom. The number of nitrogens with two attached hydrogens (primary N) is 1. The van der Waals surface area contributed by atoms with Crippen LogP contribution in [0.2, 0.25) is 0 Å². The zero-order chi connectivity index (χ0) is 23.8. The summed E-state index contributed by atoms with van der Waals surface area (Å²) in [7, 11) is 2.07. The van der Waals surface area contributed by atoms with Crippen molar-refractivity contribution in [1.29, 1.82) is 0 Å². The van der Waals surface area contributed by atoms with Gasteiger partial charge in [-0.25, -0.2) is 18.9 Å². The van der Waals surface area contributed by atoms with Crippen LogP contribution in [0, 0.1) is 12.7 Å². The number of carbonyl (C=O) groups is 1. The van der Waals surface area contributed by atoms with Gasteiger partial charge in [0.05, 0.1) is 24.3 Å². The molecule has 0 unspecified atom stereocenters. The maximum atomic E-state index is 13.5. The molecule has 0 spiro atoms. The van der Waals surface area contributed by atoms with Crippen molar-refractivity contribution in [3.8, 4) is 17.0 Å².